The van der Waals surface area contributed by atoms with Gasteiger partial charge in [-0.2, -0.15) is 0 Å². The SMILES string of the molecule is Cn1c(SCC(N)=O)nnc1C1CCN(C(=O)Nc2ccccc2Br)CC1. The average Bonchev–Trinajstić information content (AvgIpc) is 3.02. The zero-order valence-corrected chi connectivity index (χ0v) is 17.3. The topological polar surface area (TPSA) is 106 Å². The monoisotopic (exact) mass is 452 g/mol. The van der Waals surface area contributed by atoms with E-state index in [0.717, 1.165) is 28.8 Å². The lowest BCUT2D eigenvalue weighted by atomic mass is 9.96. The third-order valence-electron chi connectivity index (χ3n) is 4.47. The number of hydrogen-bond donors (Lipinski definition) is 2. The number of carbonyl (C=O) groups is 2. The van der Waals surface area contributed by atoms with Crippen molar-refractivity contribution < 1.29 is 9.59 Å². The van der Waals surface area contributed by atoms with Crippen molar-refractivity contribution >= 4 is 45.3 Å². The maximum Gasteiger partial charge on any atom is 0.321 e. The van der Waals surface area contributed by atoms with Crippen LogP contribution in [0.15, 0.2) is 33.9 Å². The number of primary amides is 1. The molecule has 10 heteroatoms. The molecule has 0 aliphatic carbocycles. The van der Waals surface area contributed by atoms with E-state index >= 15 is 0 Å². The van der Waals surface area contributed by atoms with E-state index in [1.807, 2.05) is 40.8 Å². The Labute approximate surface area is 170 Å². The van der Waals surface area contributed by atoms with Crippen LogP contribution in [-0.2, 0) is 11.8 Å². The second-order valence-electron chi connectivity index (χ2n) is 6.33. The van der Waals surface area contributed by atoms with Gasteiger partial charge >= 0.3 is 6.03 Å². The van der Waals surface area contributed by atoms with Crippen LogP contribution in [0.2, 0.25) is 0 Å². The average molecular weight is 453 g/mol. The van der Waals surface area contributed by atoms with Crippen molar-refractivity contribution in [3.63, 3.8) is 0 Å². The van der Waals surface area contributed by atoms with Crippen molar-refractivity contribution in [2.24, 2.45) is 12.8 Å². The van der Waals surface area contributed by atoms with E-state index in [9.17, 15) is 9.59 Å². The standard InChI is InChI=1S/C17H21BrN6O2S/c1-23-15(21-22-17(23)27-10-14(19)25)11-6-8-24(9-7-11)16(26)20-13-5-3-2-4-12(13)18/h2-5,11H,6-10H2,1H3,(H2,19,25)(H,20,26). The Kier molecular flexibility index (Phi) is 6.38. The number of piperidine rings is 1. The highest BCUT2D eigenvalue weighted by atomic mass is 79.9. The maximum absolute atomic E-state index is 12.5. The van der Waals surface area contributed by atoms with Gasteiger partial charge in [0.05, 0.1) is 11.4 Å². The Hall–Kier alpha value is -2.07. The summed E-state index contributed by atoms with van der Waals surface area (Å²) in [6, 6.07) is 7.44. The summed E-state index contributed by atoms with van der Waals surface area (Å²) >= 11 is 4.72. The number of hydrogen-bond acceptors (Lipinski definition) is 5. The van der Waals surface area contributed by atoms with Crippen LogP contribution in [0.4, 0.5) is 10.5 Å². The molecular formula is C17H21BrN6O2S. The molecule has 3 rings (SSSR count). The van der Waals surface area contributed by atoms with Crippen molar-refractivity contribution in [2.45, 2.75) is 23.9 Å². The molecule has 1 aliphatic rings. The Morgan fingerprint density at radius 1 is 1.30 bits per heavy atom. The normalized spacial score (nSPS) is 15.0. The Bertz CT molecular complexity index is 835. The third kappa shape index (κ3) is 4.81. The molecule has 3 N–H and O–H groups in total. The summed E-state index contributed by atoms with van der Waals surface area (Å²) in [5.41, 5.74) is 5.94. The van der Waals surface area contributed by atoms with Crippen LogP contribution in [0.25, 0.3) is 0 Å². The van der Waals surface area contributed by atoms with Gasteiger partial charge in [0.2, 0.25) is 5.91 Å². The van der Waals surface area contributed by atoms with Crippen LogP contribution in [-0.4, -0.2) is 50.4 Å². The Morgan fingerprint density at radius 3 is 2.67 bits per heavy atom. The molecule has 2 heterocycles. The molecule has 8 nitrogen and oxygen atoms in total. The van der Waals surface area contributed by atoms with Gasteiger partial charge in [-0.25, -0.2) is 4.79 Å². The molecule has 1 aliphatic heterocycles. The molecule has 1 fully saturated rings. The first-order chi connectivity index (χ1) is 13.0. The minimum atomic E-state index is -0.381. The van der Waals surface area contributed by atoms with Gasteiger partial charge in [-0.05, 0) is 40.9 Å². The number of nitrogens with one attached hydrogen (secondary N) is 1. The number of thioether (sulfide) groups is 1. The lowest BCUT2D eigenvalue weighted by Gasteiger charge is -2.31. The lowest BCUT2D eigenvalue weighted by molar-refractivity contribution is -0.115. The zero-order chi connectivity index (χ0) is 19.4. The number of nitrogens with zero attached hydrogens (tertiary/aromatic N) is 4. The van der Waals surface area contributed by atoms with Crippen LogP contribution in [0.3, 0.4) is 0 Å². The smallest absolute Gasteiger partial charge is 0.321 e. The van der Waals surface area contributed by atoms with Crippen LogP contribution in [0, 0.1) is 0 Å². The second kappa shape index (κ2) is 8.75. The summed E-state index contributed by atoms with van der Waals surface area (Å²) in [6.45, 7) is 1.30. The molecule has 144 valence electrons. The molecule has 0 atom stereocenters. The molecule has 0 unspecified atom stereocenters. The summed E-state index contributed by atoms with van der Waals surface area (Å²) in [4.78, 5) is 25.3. The molecule has 1 saturated heterocycles. The van der Waals surface area contributed by atoms with Crippen molar-refractivity contribution in [1.82, 2.24) is 19.7 Å². The molecule has 3 amide bonds. The first-order valence-corrected chi connectivity index (χ1v) is 10.3. The Balaban J connectivity index is 1.56. The van der Waals surface area contributed by atoms with Crippen LogP contribution in [0.1, 0.15) is 24.6 Å². The number of nitrogens with two attached hydrogens (primary N) is 1. The van der Waals surface area contributed by atoms with E-state index in [0.29, 0.717) is 18.2 Å². The van der Waals surface area contributed by atoms with Crippen LogP contribution in [0.5, 0.6) is 0 Å². The van der Waals surface area contributed by atoms with Crippen LogP contribution >= 0.6 is 27.7 Å². The second-order valence-corrected chi connectivity index (χ2v) is 8.12. The predicted octanol–water partition coefficient (Wildman–Crippen LogP) is 2.57. The van der Waals surface area contributed by atoms with Gasteiger partial charge in [0, 0.05) is 30.5 Å². The number of benzene rings is 1. The quantitative estimate of drug-likeness (QED) is 0.677. The molecule has 2 aromatic rings. The minimum Gasteiger partial charge on any atom is -0.369 e. The number of aromatic nitrogens is 3. The van der Waals surface area contributed by atoms with E-state index in [-0.39, 0.29) is 23.6 Å². The number of likely N-dealkylation sites (tertiary alicyclic amines) is 1. The minimum absolute atomic E-state index is 0.101. The summed E-state index contributed by atoms with van der Waals surface area (Å²) in [7, 11) is 1.89. The largest absolute Gasteiger partial charge is 0.369 e. The van der Waals surface area contributed by atoms with Gasteiger partial charge in [-0.15, -0.1) is 10.2 Å². The highest BCUT2D eigenvalue weighted by molar-refractivity contribution is 9.10. The van der Waals surface area contributed by atoms with Crippen LogP contribution < -0.4 is 11.1 Å². The molecule has 0 bridgehead atoms. The number of carbonyl (C=O) groups excluding carboxylic acids is 2. The molecular weight excluding hydrogens is 432 g/mol. The number of anilines is 1. The molecule has 0 spiro atoms. The zero-order valence-electron chi connectivity index (χ0n) is 14.9. The summed E-state index contributed by atoms with van der Waals surface area (Å²) in [6.07, 6.45) is 1.63. The van der Waals surface area contributed by atoms with Gasteiger partial charge in [-0.1, -0.05) is 23.9 Å². The summed E-state index contributed by atoms with van der Waals surface area (Å²) < 4.78 is 2.77. The summed E-state index contributed by atoms with van der Waals surface area (Å²) in [5.74, 6) is 0.916. The van der Waals surface area contributed by atoms with Crippen molar-refractivity contribution in [1.29, 1.82) is 0 Å². The predicted molar refractivity (Wildman–Crippen MR) is 108 cm³/mol. The van der Waals surface area contributed by atoms with Gasteiger partial charge in [0.15, 0.2) is 5.16 Å². The first-order valence-electron chi connectivity index (χ1n) is 8.56. The fourth-order valence-electron chi connectivity index (χ4n) is 3.04. The van der Waals surface area contributed by atoms with Crippen molar-refractivity contribution in [2.75, 3.05) is 24.2 Å². The van der Waals surface area contributed by atoms with Gasteiger partial charge in [0.1, 0.15) is 5.82 Å². The number of urea groups is 1. The fraction of sp³-hybridized carbons (Fsp3) is 0.412. The van der Waals surface area contributed by atoms with E-state index in [1.165, 1.54) is 11.8 Å². The molecule has 0 saturated carbocycles. The first kappa shape index (κ1) is 19.7. The number of para-hydroxylation sites is 1. The fourth-order valence-corrected chi connectivity index (χ4v) is 4.08. The number of amides is 3. The van der Waals surface area contributed by atoms with E-state index in [4.69, 9.17) is 5.73 Å². The molecule has 1 aromatic carbocycles. The van der Waals surface area contributed by atoms with Gasteiger partial charge in [-0.3, -0.25) is 4.79 Å². The maximum atomic E-state index is 12.5. The molecule has 0 radical (unpaired) electrons. The number of halogens is 1. The molecule has 27 heavy (non-hydrogen) atoms. The van der Waals surface area contributed by atoms with E-state index in [2.05, 4.69) is 31.4 Å². The van der Waals surface area contributed by atoms with Crippen molar-refractivity contribution in [3.8, 4) is 0 Å². The highest BCUT2D eigenvalue weighted by Gasteiger charge is 2.27. The third-order valence-corrected chi connectivity index (χ3v) is 6.21. The Morgan fingerprint density at radius 2 is 2.00 bits per heavy atom. The van der Waals surface area contributed by atoms with Gasteiger partial charge in [0.25, 0.3) is 0 Å². The van der Waals surface area contributed by atoms with Crippen molar-refractivity contribution in [3.05, 3.63) is 34.6 Å². The lowest BCUT2D eigenvalue weighted by Crippen LogP contribution is -2.41. The molecule has 1 aromatic heterocycles. The number of rotatable bonds is 5. The van der Waals surface area contributed by atoms with E-state index < -0.39 is 0 Å². The highest BCUT2D eigenvalue weighted by Crippen LogP contribution is 2.29. The van der Waals surface area contributed by atoms with E-state index in [1.54, 1.807) is 0 Å². The summed E-state index contributed by atoms with van der Waals surface area (Å²) in [5, 5.41) is 12.0. The van der Waals surface area contributed by atoms with Gasteiger partial charge < -0.3 is 20.5 Å².